The van der Waals surface area contributed by atoms with Gasteiger partial charge in [0.05, 0.1) is 22.3 Å². The molecule has 0 saturated heterocycles. The van der Waals surface area contributed by atoms with Crippen molar-refractivity contribution in [3.63, 3.8) is 0 Å². The smallest absolute Gasteiger partial charge is 0.224 e. The summed E-state index contributed by atoms with van der Waals surface area (Å²) in [4.78, 5) is 11.7. The summed E-state index contributed by atoms with van der Waals surface area (Å²) in [5.41, 5.74) is 0.836. The van der Waals surface area contributed by atoms with E-state index in [4.69, 9.17) is 5.26 Å². The largest absolute Gasteiger partial charge is 0.325 e. The molecule has 1 N–H and O–H groups in total. The zero-order chi connectivity index (χ0) is 15.2. The van der Waals surface area contributed by atoms with Gasteiger partial charge in [-0.25, -0.2) is 8.42 Å². The van der Waals surface area contributed by atoms with E-state index in [1.807, 2.05) is 6.07 Å². The molecule has 1 aromatic rings. The van der Waals surface area contributed by atoms with Crippen LogP contribution < -0.4 is 5.32 Å². The summed E-state index contributed by atoms with van der Waals surface area (Å²) in [5.74, 6) is -0.288. The van der Waals surface area contributed by atoms with Crippen LogP contribution in [0.25, 0.3) is 0 Å². The Bertz CT molecular complexity index is 616. The molecule has 0 aliphatic carbocycles. The van der Waals surface area contributed by atoms with Crippen LogP contribution in [0.3, 0.4) is 0 Å². The van der Waals surface area contributed by atoms with Crippen LogP contribution >= 0.6 is 0 Å². The second-order valence-electron chi connectivity index (χ2n) is 4.72. The van der Waals surface area contributed by atoms with Gasteiger partial charge >= 0.3 is 0 Å². The number of nitrogens with one attached hydrogen (secondary N) is 1. The standard InChI is InChI=1S/C14H18N2O3S/c1-11(2)20(18,19)9-5-8-14(17)16-13-7-4-3-6-12(13)10-15/h3-4,6-7,11H,5,8-9H2,1-2H3,(H,16,17). The van der Waals surface area contributed by atoms with Gasteiger partial charge < -0.3 is 5.32 Å². The third kappa shape index (κ3) is 4.67. The molecule has 0 radical (unpaired) electrons. The predicted molar refractivity (Wildman–Crippen MR) is 77.9 cm³/mol. The fraction of sp³-hybridized carbons (Fsp3) is 0.429. The first-order valence-electron chi connectivity index (χ1n) is 6.37. The molecular formula is C14H18N2O3S. The Kier molecular flexibility index (Phi) is 5.71. The quantitative estimate of drug-likeness (QED) is 0.870. The van der Waals surface area contributed by atoms with Gasteiger partial charge in [0.15, 0.2) is 9.84 Å². The third-order valence-corrected chi connectivity index (χ3v) is 5.17. The van der Waals surface area contributed by atoms with Crippen molar-refractivity contribution in [2.45, 2.75) is 31.9 Å². The number of nitriles is 1. The minimum atomic E-state index is -3.11. The summed E-state index contributed by atoms with van der Waals surface area (Å²) in [5, 5.41) is 11.1. The van der Waals surface area contributed by atoms with Crippen LogP contribution in [0.5, 0.6) is 0 Å². The number of carbonyl (C=O) groups excluding carboxylic acids is 1. The van der Waals surface area contributed by atoms with Crippen molar-refractivity contribution >= 4 is 21.4 Å². The van der Waals surface area contributed by atoms with Crippen molar-refractivity contribution in [2.75, 3.05) is 11.1 Å². The normalized spacial score (nSPS) is 11.1. The summed E-state index contributed by atoms with van der Waals surface area (Å²) < 4.78 is 23.2. The minimum absolute atomic E-state index is 0.00200. The highest BCUT2D eigenvalue weighted by molar-refractivity contribution is 7.91. The monoisotopic (exact) mass is 294 g/mol. The molecule has 108 valence electrons. The maximum atomic E-state index is 11.7. The van der Waals surface area contributed by atoms with Crippen LogP contribution in [0.4, 0.5) is 5.69 Å². The molecule has 0 atom stereocenters. The van der Waals surface area contributed by atoms with Gasteiger partial charge in [0.1, 0.15) is 6.07 Å². The van der Waals surface area contributed by atoms with Gasteiger partial charge in [0.25, 0.3) is 0 Å². The molecule has 0 saturated carbocycles. The fourth-order valence-electron chi connectivity index (χ4n) is 1.57. The zero-order valence-electron chi connectivity index (χ0n) is 11.6. The number of amides is 1. The predicted octanol–water partition coefficient (Wildman–Crippen LogP) is 2.10. The molecule has 1 amide bonds. The van der Waals surface area contributed by atoms with E-state index in [0.717, 1.165) is 0 Å². The molecule has 0 spiro atoms. The van der Waals surface area contributed by atoms with E-state index in [9.17, 15) is 13.2 Å². The lowest BCUT2D eigenvalue weighted by molar-refractivity contribution is -0.116. The average molecular weight is 294 g/mol. The molecule has 6 heteroatoms. The number of hydrogen-bond donors (Lipinski definition) is 1. The van der Waals surface area contributed by atoms with Crippen LogP contribution in [0.2, 0.25) is 0 Å². The molecule has 0 fully saturated rings. The molecular weight excluding hydrogens is 276 g/mol. The lowest BCUT2D eigenvalue weighted by Crippen LogP contribution is -2.19. The number of nitrogens with zero attached hydrogens (tertiary/aromatic N) is 1. The molecule has 5 nitrogen and oxygen atoms in total. The molecule has 0 aliphatic rings. The van der Waals surface area contributed by atoms with Crippen LogP contribution in [-0.2, 0) is 14.6 Å². The minimum Gasteiger partial charge on any atom is -0.325 e. The van der Waals surface area contributed by atoms with Crippen LogP contribution in [0, 0.1) is 11.3 Å². The maximum absolute atomic E-state index is 11.7. The Balaban J connectivity index is 2.52. The van der Waals surface area contributed by atoms with E-state index in [1.165, 1.54) is 0 Å². The zero-order valence-corrected chi connectivity index (χ0v) is 12.4. The van der Waals surface area contributed by atoms with E-state index < -0.39 is 15.1 Å². The number of anilines is 1. The molecule has 0 unspecified atom stereocenters. The van der Waals surface area contributed by atoms with E-state index in [1.54, 1.807) is 38.1 Å². The van der Waals surface area contributed by atoms with Gasteiger partial charge in [0.2, 0.25) is 5.91 Å². The van der Waals surface area contributed by atoms with Crippen molar-refractivity contribution < 1.29 is 13.2 Å². The Morgan fingerprint density at radius 1 is 1.35 bits per heavy atom. The van der Waals surface area contributed by atoms with Gasteiger partial charge in [-0.05, 0) is 32.4 Å². The van der Waals surface area contributed by atoms with Gasteiger partial charge in [-0.1, -0.05) is 12.1 Å². The second-order valence-corrected chi connectivity index (χ2v) is 7.40. The van der Waals surface area contributed by atoms with Crippen molar-refractivity contribution in [3.05, 3.63) is 29.8 Å². The molecule has 1 rings (SSSR count). The molecule has 0 bridgehead atoms. The Morgan fingerprint density at radius 3 is 2.60 bits per heavy atom. The van der Waals surface area contributed by atoms with Crippen molar-refractivity contribution in [1.82, 2.24) is 0 Å². The van der Waals surface area contributed by atoms with E-state index in [2.05, 4.69) is 5.32 Å². The number of para-hydroxylation sites is 1. The summed E-state index contributed by atoms with van der Waals surface area (Å²) in [7, 11) is -3.11. The molecule has 1 aromatic carbocycles. The van der Waals surface area contributed by atoms with Gasteiger partial charge in [-0.3, -0.25) is 4.79 Å². The second kappa shape index (κ2) is 7.06. The Labute approximate surface area is 119 Å². The van der Waals surface area contributed by atoms with Gasteiger partial charge in [-0.2, -0.15) is 5.26 Å². The van der Waals surface area contributed by atoms with Crippen LogP contribution in [-0.4, -0.2) is 25.3 Å². The first kappa shape index (κ1) is 16.2. The summed E-state index contributed by atoms with van der Waals surface area (Å²) in [6.45, 7) is 3.25. The fourth-order valence-corrected chi connectivity index (χ4v) is 2.59. The van der Waals surface area contributed by atoms with Crippen molar-refractivity contribution in [1.29, 1.82) is 5.26 Å². The number of rotatable bonds is 6. The highest BCUT2D eigenvalue weighted by Crippen LogP contribution is 2.14. The molecule has 20 heavy (non-hydrogen) atoms. The molecule has 0 aliphatic heterocycles. The third-order valence-electron chi connectivity index (χ3n) is 2.87. The molecule has 0 aromatic heterocycles. The van der Waals surface area contributed by atoms with Gasteiger partial charge in [0, 0.05) is 6.42 Å². The summed E-state index contributed by atoms with van der Waals surface area (Å²) in [6.07, 6.45) is 0.396. The van der Waals surface area contributed by atoms with E-state index in [0.29, 0.717) is 11.3 Å². The van der Waals surface area contributed by atoms with Gasteiger partial charge in [-0.15, -0.1) is 0 Å². The summed E-state index contributed by atoms with van der Waals surface area (Å²) >= 11 is 0. The first-order valence-corrected chi connectivity index (χ1v) is 8.09. The highest BCUT2D eigenvalue weighted by atomic mass is 32.2. The van der Waals surface area contributed by atoms with E-state index in [-0.39, 0.29) is 24.5 Å². The van der Waals surface area contributed by atoms with Crippen LogP contribution in [0.15, 0.2) is 24.3 Å². The van der Waals surface area contributed by atoms with E-state index >= 15 is 0 Å². The number of sulfone groups is 1. The lowest BCUT2D eigenvalue weighted by atomic mass is 10.2. The topological polar surface area (TPSA) is 87.0 Å². The number of benzene rings is 1. The Hall–Kier alpha value is -1.87. The van der Waals surface area contributed by atoms with Crippen LogP contribution in [0.1, 0.15) is 32.3 Å². The van der Waals surface area contributed by atoms with Crippen molar-refractivity contribution in [2.24, 2.45) is 0 Å². The number of carbonyl (C=O) groups is 1. The Morgan fingerprint density at radius 2 is 2.00 bits per heavy atom. The lowest BCUT2D eigenvalue weighted by Gasteiger charge is -2.08. The SMILES string of the molecule is CC(C)S(=O)(=O)CCCC(=O)Nc1ccccc1C#N. The highest BCUT2D eigenvalue weighted by Gasteiger charge is 2.16. The number of hydrogen-bond acceptors (Lipinski definition) is 4. The maximum Gasteiger partial charge on any atom is 0.224 e. The average Bonchev–Trinajstić information content (AvgIpc) is 2.39. The summed E-state index contributed by atoms with van der Waals surface area (Å²) in [6, 6.07) is 8.67. The molecule has 0 heterocycles. The first-order chi connectivity index (χ1) is 9.36. The van der Waals surface area contributed by atoms with Crippen molar-refractivity contribution in [3.8, 4) is 6.07 Å².